The number of aryl methyl sites for hydroxylation is 1. The minimum atomic E-state index is 0.289. The Balaban J connectivity index is 1.75. The van der Waals surface area contributed by atoms with Gasteiger partial charge in [0.05, 0.1) is 0 Å². The van der Waals surface area contributed by atoms with Gasteiger partial charge < -0.3 is 15.2 Å². The van der Waals surface area contributed by atoms with Gasteiger partial charge in [-0.3, -0.25) is 4.99 Å². The summed E-state index contributed by atoms with van der Waals surface area (Å²) >= 11 is 0. The SMILES string of the molecule is CCCCCC(C)(C)CNC(=NC)NCCc1nnc2n1CCCCC2. The summed E-state index contributed by atoms with van der Waals surface area (Å²) in [5.41, 5.74) is 0.289. The molecule has 1 aromatic rings. The smallest absolute Gasteiger partial charge is 0.191 e. The van der Waals surface area contributed by atoms with Crippen molar-refractivity contribution in [3.63, 3.8) is 0 Å². The van der Waals surface area contributed by atoms with Crippen LogP contribution in [0.3, 0.4) is 0 Å². The summed E-state index contributed by atoms with van der Waals surface area (Å²) < 4.78 is 2.32. The van der Waals surface area contributed by atoms with Crippen LogP contribution in [0.5, 0.6) is 0 Å². The minimum absolute atomic E-state index is 0.289. The van der Waals surface area contributed by atoms with Crippen molar-refractivity contribution < 1.29 is 0 Å². The molecule has 148 valence electrons. The zero-order valence-corrected chi connectivity index (χ0v) is 17.3. The molecule has 0 aromatic carbocycles. The molecule has 0 saturated carbocycles. The monoisotopic (exact) mass is 362 g/mol. The van der Waals surface area contributed by atoms with E-state index in [1.165, 1.54) is 44.9 Å². The lowest BCUT2D eigenvalue weighted by Gasteiger charge is -2.26. The van der Waals surface area contributed by atoms with Crippen molar-refractivity contribution in [2.24, 2.45) is 10.4 Å². The zero-order valence-electron chi connectivity index (χ0n) is 17.3. The van der Waals surface area contributed by atoms with Gasteiger partial charge >= 0.3 is 0 Å². The highest BCUT2D eigenvalue weighted by Crippen LogP contribution is 2.22. The Hall–Kier alpha value is -1.59. The first kappa shape index (κ1) is 20.7. The molecule has 0 aliphatic carbocycles. The molecule has 0 saturated heterocycles. The third-order valence-corrected chi connectivity index (χ3v) is 5.24. The number of guanidine groups is 1. The highest BCUT2D eigenvalue weighted by atomic mass is 15.3. The zero-order chi connectivity index (χ0) is 18.8. The van der Waals surface area contributed by atoms with Crippen molar-refractivity contribution in [2.75, 3.05) is 20.1 Å². The summed E-state index contributed by atoms with van der Waals surface area (Å²) in [6.45, 7) is 9.75. The standard InChI is InChI=1S/C20H38N6/c1-5-6-9-13-20(2,3)16-23-19(21-4)22-14-12-18-25-24-17-11-8-7-10-15-26(17)18/h5-16H2,1-4H3,(H2,21,22,23). The Kier molecular flexibility index (Phi) is 8.39. The third kappa shape index (κ3) is 6.61. The van der Waals surface area contributed by atoms with E-state index in [0.717, 1.165) is 50.1 Å². The van der Waals surface area contributed by atoms with Crippen LogP contribution < -0.4 is 10.6 Å². The van der Waals surface area contributed by atoms with Crippen LogP contribution in [0.2, 0.25) is 0 Å². The van der Waals surface area contributed by atoms with Crippen LogP contribution in [0.4, 0.5) is 0 Å². The maximum atomic E-state index is 4.40. The van der Waals surface area contributed by atoms with E-state index in [1.807, 2.05) is 7.05 Å². The number of unbranched alkanes of at least 4 members (excludes halogenated alkanes) is 2. The fourth-order valence-corrected chi connectivity index (χ4v) is 3.51. The summed E-state index contributed by atoms with van der Waals surface area (Å²) in [5.74, 6) is 3.14. The van der Waals surface area contributed by atoms with Crippen LogP contribution in [-0.4, -0.2) is 40.9 Å². The first-order chi connectivity index (χ1) is 12.6. The second-order valence-corrected chi connectivity index (χ2v) is 8.22. The Morgan fingerprint density at radius 3 is 2.77 bits per heavy atom. The van der Waals surface area contributed by atoms with Crippen LogP contribution >= 0.6 is 0 Å². The number of aliphatic imine (C=N–C) groups is 1. The molecule has 0 atom stereocenters. The van der Waals surface area contributed by atoms with Crippen LogP contribution in [0.25, 0.3) is 0 Å². The Bertz CT molecular complexity index is 561. The highest BCUT2D eigenvalue weighted by molar-refractivity contribution is 5.79. The molecule has 26 heavy (non-hydrogen) atoms. The minimum Gasteiger partial charge on any atom is -0.356 e. The Labute approximate surface area is 159 Å². The van der Waals surface area contributed by atoms with Crippen molar-refractivity contribution in [1.29, 1.82) is 0 Å². The first-order valence-corrected chi connectivity index (χ1v) is 10.4. The predicted octanol–water partition coefficient (Wildman–Crippen LogP) is 3.32. The number of hydrogen-bond donors (Lipinski definition) is 2. The molecule has 2 N–H and O–H groups in total. The van der Waals surface area contributed by atoms with E-state index in [2.05, 4.69) is 51.2 Å². The summed E-state index contributed by atoms with van der Waals surface area (Å²) in [4.78, 5) is 4.36. The lowest BCUT2D eigenvalue weighted by atomic mass is 9.87. The number of nitrogens with zero attached hydrogens (tertiary/aromatic N) is 4. The van der Waals surface area contributed by atoms with Crippen molar-refractivity contribution in [1.82, 2.24) is 25.4 Å². The maximum Gasteiger partial charge on any atom is 0.191 e. The van der Waals surface area contributed by atoms with Gasteiger partial charge in [-0.2, -0.15) is 0 Å². The van der Waals surface area contributed by atoms with E-state index >= 15 is 0 Å². The average molecular weight is 363 g/mol. The molecule has 2 rings (SSSR count). The average Bonchev–Trinajstić information content (AvgIpc) is 2.85. The molecule has 0 amide bonds. The van der Waals surface area contributed by atoms with Gasteiger partial charge in [-0.15, -0.1) is 10.2 Å². The largest absolute Gasteiger partial charge is 0.356 e. The fourth-order valence-electron chi connectivity index (χ4n) is 3.51. The summed E-state index contributed by atoms with van der Waals surface area (Å²) in [5, 5.41) is 15.7. The fraction of sp³-hybridized carbons (Fsp3) is 0.850. The Morgan fingerprint density at radius 1 is 1.15 bits per heavy atom. The van der Waals surface area contributed by atoms with Gasteiger partial charge in [-0.25, -0.2) is 0 Å². The van der Waals surface area contributed by atoms with E-state index in [4.69, 9.17) is 0 Å². The normalized spacial score (nSPS) is 15.5. The molecule has 0 fully saturated rings. The third-order valence-electron chi connectivity index (χ3n) is 5.24. The lowest BCUT2D eigenvalue weighted by molar-refractivity contribution is 0.318. The van der Waals surface area contributed by atoms with Crippen LogP contribution in [0.1, 0.15) is 77.4 Å². The van der Waals surface area contributed by atoms with Crippen molar-refractivity contribution in [2.45, 2.75) is 85.1 Å². The predicted molar refractivity (Wildman–Crippen MR) is 109 cm³/mol. The summed E-state index contributed by atoms with van der Waals surface area (Å²) in [6.07, 6.45) is 10.9. The van der Waals surface area contributed by atoms with Crippen LogP contribution in [-0.2, 0) is 19.4 Å². The van der Waals surface area contributed by atoms with Gasteiger partial charge in [0.1, 0.15) is 11.6 Å². The molecule has 0 radical (unpaired) electrons. The second-order valence-electron chi connectivity index (χ2n) is 8.22. The van der Waals surface area contributed by atoms with Crippen molar-refractivity contribution >= 4 is 5.96 Å². The number of fused-ring (bicyclic) bond motifs is 1. The van der Waals surface area contributed by atoms with E-state index in [-0.39, 0.29) is 5.41 Å². The molecule has 1 aliphatic heterocycles. The number of aromatic nitrogens is 3. The van der Waals surface area contributed by atoms with Gasteiger partial charge in [0.2, 0.25) is 0 Å². The van der Waals surface area contributed by atoms with Crippen LogP contribution in [0, 0.1) is 5.41 Å². The van der Waals surface area contributed by atoms with E-state index in [9.17, 15) is 0 Å². The van der Waals surface area contributed by atoms with E-state index in [0.29, 0.717) is 0 Å². The van der Waals surface area contributed by atoms with Crippen molar-refractivity contribution in [3.05, 3.63) is 11.6 Å². The first-order valence-electron chi connectivity index (χ1n) is 10.4. The second kappa shape index (κ2) is 10.5. The van der Waals surface area contributed by atoms with Gasteiger partial charge in [0.15, 0.2) is 5.96 Å². The maximum absolute atomic E-state index is 4.40. The molecular formula is C20H38N6. The molecule has 1 aliphatic rings. The number of rotatable bonds is 9. The molecule has 2 heterocycles. The van der Waals surface area contributed by atoms with Gasteiger partial charge in [-0.1, -0.05) is 46.5 Å². The molecule has 6 nitrogen and oxygen atoms in total. The number of hydrogen-bond acceptors (Lipinski definition) is 3. The van der Waals surface area contributed by atoms with Crippen molar-refractivity contribution in [3.8, 4) is 0 Å². The highest BCUT2D eigenvalue weighted by Gasteiger charge is 2.18. The molecule has 1 aromatic heterocycles. The number of nitrogens with one attached hydrogen (secondary N) is 2. The summed E-state index contributed by atoms with van der Waals surface area (Å²) in [7, 11) is 1.84. The van der Waals surface area contributed by atoms with Crippen LogP contribution in [0.15, 0.2) is 4.99 Å². The van der Waals surface area contributed by atoms with E-state index < -0.39 is 0 Å². The van der Waals surface area contributed by atoms with Gasteiger partial charge in [-0.05, 0) is 24.7 Å². The molecule has 0 bridgehead atoms. The van der Waals surface area contributed by atoms with Gasteiger partial charge in [0.25, 0.3) is 0 Å². The Morgan fingerprint density at radius 2 is 2.00 bits per heavy atom. The lowest BCUT2D eigenvalue weighted by Crippen LogP contribution is -2.42. The molecule has 0 unspecified atom stereocenters. The molecule has 6 heteroatoms. The topological polar surface area (TPSA) is 67.1 Å². The molecule has 0 spiro atoms. The molecular weight excluding hydrogens is 324 g/mol. The summed E-state index contributed by atoms with van der Waals surface area (Å²) in [6, 6.07) is 0. The quantitative estimate of drug-likeness (QED) is 0.402. The van der Waals surface area contributed by atoms with Gasteiger partial charge in [0, 0.05) is 39.5 Å². The van der Waals surface area contributed by atoms with E-state index in [1.54, 1.807) is 0 Å².